The van der Waals surface area contributed by atoms with E-state index in [4.69, 9.17) is 9.47 Å². The molecule has 0 radical (unpaired) electrons. The molecule has 0 aliphatic carbocycles. The van der Waals surface area contributed by atoms with Crippen molar-refractivity contribution >= 4 is 5.91 Å². The van der Waals surface area contributed by atoms with E-state index in [1.54, 1.807) is 14.2 Å². The number of carbonyl (C=O) groups is 1. The van der Waals surface area contributed by atoms with E-state index in [2.05, 4.69) is 40.5 Å². The number of ether oxygens (including phenoxy) is 2. The molecule has 2 aromatic rings. The monoisotopic (exact) mass is 366 g/mol. The van der Waals surface area contributed by atoms with Gasteiger partial charge in [-0.1, -0.05) is 30.3 Å². The van der Waals surface area contributed by atoms with E-state index < -0.39 is 0 Å². The van der Waals surface area contributed by atoms with Gasteiger partial charge in [0, 0.05) is 19.6 Å². The molecule has 5 nitrogen and oxygen atoms in total. The maximum atomic E-state index is 12.4. The summed E-state index contributed by atoms with van der Waals surface area (Å²) in [6.07, 6.45) is 2.19. The van der Waals surface area contributed by atoms with Crippen molar-refractivity contribution in [1.29, 1.82) is 0 Å². The van der Waals surface area contributed by atoms with Crippen LogP contribution in [0.4, 0.5) is 0 Å². The highest BCUT2D eigenvalue weighted by molar-refractivity contribution is 5.83. The minimum atomic E-state index is -0.308. The molecule has 4 rings (SSSR count). The van der Waals surface area contributed by atoms with Crippen molar-refractivity contribution in [2.45, 2.75) is 31.3 Å². The molecule has 2 aromatic carbocycles. The Balaban J connectivity index is 1.58. The third-order valence-electron chi connectivity index (χ3n) is 5.81. The number of rotatable bonds is 4. The van der Waals surface area contributed by atoms with Crippen LogP contribution in [0, 0.1) is 0 Å². The zero-order valence-corrected chi connectivity index (χ0v) is 16.0. The van der Waals surface area contributed by atoms with Gasteiger partial charge in [-0.05, 0) is 41.7 Å². The predicted octanol–water partition coefficient (Wildman–Crippen LogP) is 2.87. The number of nitrogens with one attached hydrogen (secondary N) is 1. The second-order valence-corrected chi connectivity index (χ2v) is 7.43. The molecule has 1 saturated heterocycles. The van der Waals surface area contributed by atoms with Gasteiger partial charge in [-0.15, -0.1) is 0 Å². The Labute approximate surface area is 160 Å². The van der Waals surface area contributed by atoms with E-state index in [1.807, 2.05) is 12.1 Å². The van der Waals surface area contributed by atoms with Crippen molar-refractivity contribution in [3.63, 3.8) is 0 Å². The van der Waals surface area contributed by atoms with E-state index >= 15 is 0 Å². The summed E-state index contributed by atoms with van der Waals surface area (Å²) in [5.74, 6) is 1.49. The van der Waals surface area contributed by atoms with Crippen LogP contribution in [0.5, 0.6) is 11.5 Å². The molecule has 142 valence electrons. The van der Waals surface area contributed by atoms with Gasteiger partial charge in [0.1, 0.15) is 0 Å². The minimum absolute atomic E-state index is 0.0891. The van der Waals surface area contributed by atoms with Gasteiger partial charge in [0.25, 0.3) is 0 Å². The second-order valence-electron chi connectivity index (χ2n) is 7.43. The number of piperidine rings is 1. The zero-order chi connectivity index (χ0) is 18.9. The molecule has 27 heavy (non-hydrogen) atoms. The lowest BCUT2D eigenvalue weighted by molar-refractivity contribution is -0.124. The minimum Gasteiger partial charge on any atom is -0.493 e. The fourth-order valence-corrected chi connectivity index (χ4v) is 4.39. The summed E-state index contributed by atoms with van der Waals surface area (Å²) in [5, 5.41) is 3.30. The molecule has 5 heteroatoms. The van der Waals surface area contributed by atoms with Crippen molar-refractivity contribution < 1.29 is 14.3 Å². The van der Waals surface area contributed by atoms with E-state index in [0.29, 0.717) is 12.2 Å². The Kier molecular flexibility index (Phi) is 4.79. The van der Waals surface area contributed by atoms with Crippen LogP contribution in [0.15, 0.2) is 42.5 Å². The summed E-state index contributed by atoms with van der Waals surface area (Å²) in [6, 6.07) is 14.6. The number of likely N-dealkylation sites (tertiary alicyclic amines) is 1. The highest BCUT2D eigenvalue weighted by atomic mass is 16.5. The van der Waals surface area contributed by atoms with Crippen molar-refractivity contribution in [2.75, 3.05) is 27.3 Å². The van der Waals surface area contributed by atoms with Crippen molar-refractivity contribution in [3.05, 3.63) is 59.2 Å². The standard InChI is InChI=1S/C22H26N2O3/c1-26-19-12-17-13-21(25)23-22(18(17)14-20(19)27-2)8-10-24(11-9-22)15-16-6-4-3-5-7-16/h3-7,12,14H,8-11,13,15H2,1-2H3,(H,23,25). The Morgan fingerprint density at radius 2 is 1.70 bits per heavy atom. The first-order valence-electron chi connectivity index (χ1n) is 9.46. The van der Waals surface area contributed by atoms with Crippen LogP contribution in [0.3, 0.4) is 0 Å². The number of amides is 1. The summed E-state index contributed by atoms with van der Waals surface area (Å²) in [5.41, 5.74) is 3.25. The molecule has 1 N–H and O–H groups in total. The normalized spacial score (nSPS) is 18.7. The average Bonchev–Trinajstić information content (AvgIpc) is 2.69. The third kappa shape index (κ3) is 3.39. The highest BCUT2D eigenvalue weighted by Crippen LogP contribution is 2.42. The third-order valence-corrected chi connectivity index (χ3v) is 5.81. The molecular formula is C22H26N2O3. The van der Waals surface area contributed by atoms with E-state index in [9.17, 15) is 4.79 Å². The molecule has 0 unspecified atom stereocenters. The number of hydrogen-bond acceptors (Lipinski definition) is 4. The van der Waals surface area contributed by atoms with Crippen LogP contribution in [0.2, 0.25) is 0 Å². The van der Waals surface area contributed by atoms with Crippen LogP contribution in [-0.2, 0) is 23.3 Å². The average molecular weight is 366 g/mol. The number of fused-ring (bicyclic) bond motifs is 2. The van der Waals surface area contributed by atoms with Crippen LogP contribution in [0.1, 0.15) is 29.5 Å². The quantitative estimate of drug-likeness (QED) is 0.904. The van der Waals surface area contributed by atoms with Gasteiger partial charge < -0.3 is 14.8 Å². The lowest BCUT2D eigenvalue weighted by atomic mass is 9.75. The predicted molar refractivity (Wildman–Crippen MR) is 104 cm³/mol. The van der Waals surface area contributed by atoms with Crippen molar-refractivity contribution in [2.24, 2.45) is 0 Å². The molecule has 0 saturated carbocycles. The Hall–Kier alpha value is -2.53. The summed E-state index contributed by atoms with van der Waals surface area (Å²) in [7, 11) is 3.28. The number of hydrogen-bond donors (Lipinski definition) is 1. The lowest BCUT2D eigenvalue weighted by Gasteiger charge is -2.46. The lowest BCUT2D eigenvalue weighted by Crippen LogP contribution is -2.56. The molecule has 1 amide bonds. The first kappa shape index (κ1) is 17.9. The molecule has 2 aliphatic rings. The summed E-state index contributed by atoms with van der Waals surface area (Å²) < 4.78 is 10.9. The van der Waals surface area contributed by atoms with Crippen molar-refractivity contribution in [3.8, 4) is 11.5 Å². The molecule has 1 fully saturated rings. The van der Waals surface area contributed by atoms with Gasteiger partial charge in [-0.25, -0.2) is 0 Å². The fraction of sp³-hybridized carbons (Fsp3) is 0.409. The number of methoxy groups -OCH3 is 2. The van der Waals surface area contributed by atoms with Gasteiger partial charge >= 0.3 is 0 Å². The molecule has 2 heterocycles. The van der Waals surface area contributed by atoms with E-state index in [1.165, 1.54) is 11.1 Å². The number of nitrogens with zero attached hydrogens (tertiary/aromatic N) is 1. The topological polar surface area (TPSA) is 50.8 Å². The Morgan fingerprint density at radius 3 is 2.37 bits per heavy atom. The molecule has 0 atom stereocenters. The van der Waals surface area contributed by atoms with Gasteiger partial charge in [-0.3, -0.25) is 9.69 Å². The molecule has 1 spiro atoms. The Morgan fingerprint density at radius 1 is 1.04 bits per heavy atom. The zero-order valence-electron chi connectivity index (χ0n) is 16.0. The SMILES string of the molecule is COc1cc2c(cc1OC)C1(CCN(Cc3ccccc3)CC1)NC(=O)C2. The first-order chi connectivity index (χ1) is 13.1. The van der Waals surface area contributed by atoms with E-state index in [0.717, 1.165) is 43.8 Å². The maximum Gasteiger partial charge on any atom is 0.225 e. The summed E-state index contributed by atoms with van der Waals surface area (Å²) in [4.78, 5) is 14.9. The fourth-order valence-electron chi connectivity index (χ4n) is 4.39. The largest absolute Gasteiger partial charge is 0.493 e. The van der Waals surface area contributed by atoms with Gasteiger partial charge in [0.15, 0.2) is 11.5 Å². The molecule has 0 aromatic heterocycles. The molecule has 2 aliphatic heterocycles. The van der Waals surface area contributed by atoms with Crippen LogP contribution < -0.4 is 14.8 Å². The van der Waals surface area contributed by atoms with Gasteiger partial charge in [0.05, 0.1) is 26.2 Å². The first-order valence-corrected chi connectivity index (χ1v) is 9.46. The van der Waals surface area contributed by atoms with Gasteiger partial charge in [-0.2, -0.15) is 0 Å². The summed E-state index contributed by atoms with van der Waals surface area (Å²) >= 11 is 0. The number of carbonyl (C=O) groups excluding carboxylic acids is 1. The highest BCUT2D eigenvalue weighted by Gasteiger charge is 2.42. The van der Waals surface area contributed by atoms with Crippen molar-refractivity contribution in [1.82, 2.24) is 10.2 Å². The second kappa shape index (κ2) is 7.24. The van der Waals surface area contributed by atoms with Crippen LogP contribution in [0.25, 0.3) is 0 Å². The molecule has 0 bridgehead atoms. The van der Waals surface area contributed by atoms with Crippen LogP contribution in [-0.4, -0.2) is 38.1 Å². The number of benzene rings is 2. The smallest absolute Gasteiger partial charge is 0.225 e. The Bertz CT molecular complexity index is 827. The van der Waals surface area contributed by atoms with Crippen LogP contribution >= 0.6 is 0 Å². The summed E-state index contributed by atoms with van der Waals surface area (Å²) in [6.45, 7) is 2.84. The van der Waals surface area contributed by atoms with E-state index in [-0.39, 0.29) is 11.4 Å². The molecular weight excluding hydrogens is 340 g/mol. The maximum absolute atomic E-state index is 12.4. The van der Waals surface area contributed by atoms with Gasteiger partial charge in [0.2, 0.25) is 5.91 Å².